The number of hydrogen-bond donors (Lipinski definition) is 3. The molecule has 0 saturated heterocycles. The van der Waals surface area contributed by atoms with Crippen LogP contribution in [0.5, 0.6) is 0 Å². The summed E-state index contributed by atoms with van der Waals surface area (Å²) in [5, 5.41) is 8.89. The SMILES string of the molecule is CCCCC/C=C\CCCCCCCC(=O)OCC(COP(=O)(O)OCC(N)C(=O)O)OC(=O)CCCCCCCCCCC/C=C\CCCCCCCCCC. The van der Waals surface area contributed by atoms with E-state index in [4.69, 9.17) is 24.8 Å². The van der Waals surface area contributed by atoms with Crippen molar-refractivity contribution in [1.82, 2.24) is 0 Å². The number of rotatable bonds is 43. The number of esters is 2. The van der Waals surface area contributed by atoms with E-state index in [0.717, 1.165) is 57.8 Å². The summed E-state index contributed by atoms with van der Waals surface area (Å²) in [6.07, 6.45) is 42.4. The molecule has 0 spiro atoms. The van der Waals surface area contributed by atoms with Crippen LogP contribution in [0.4, 0.5) is 0 Å². The third kappa shape index (κ3) is 40.5. The zero-order chi connectivity index (χ0) is 42.1. The predicted molar refractivity (Wildman–Crippen MR) is 231 cm³/mol. The first-order valence-corrected chi connectivity index (χ1v) is 24.4. The lowest BCUT2D eigenvalue weighted by atomic mass is 10.1. The van der Waals surface area contributed by atoms with Crippen molar-refractivity contribution in [3.05, 3.63) is 24.3 Å². The van der Waals surface area contributed by atoms with Crippen LogP contribution >= 0.6 is 7.82 Å². The molecular formula is C45H84NO10P. The van der Waals surface area contributed by atoms with E-state index in [1.807, 2.05) is 0 Å². The molecule has 0 aromatic carbocycles. The topological polar surface area (TPSA) is 172 Å². The van der Waals surface area contributed by atoms with Crippen molar-refractivity contribution in [3.8, 4) is 0 Å². The Balaban J connectivity index is 4.27. The quantitative estimate of drug-likeness (QED) is 0.0231. The van der Waals surface area contributed by atoms with Crippen molar-refractivity contribution in [3.63, 3.8) is 0 Å². The van der Waals surface area contributed by atoms with Crippen LogP contribution in [-0.2, 0) is 37.5 Å². The van der Waals surface area contributed by atoms with Crippen molar-refractivity contribution in [2.24, 2.45) is 5.73 Å². The van der Waals surface area contributed by atoms with E-state index in [1.165, 1.54) is 116 Å². The van der Waals surface area contributed by atoms with E-state index in [0.29, 0.717) is 12.8 Å². The van der Waals surface area contributed by atoms with E-state index in [9.17, 15) is 23.8 Å². The summed E-state index contributed by atoms with van der Waals surface area (Å²) < 4.78 is 32.7. The monoisotopic (exact) mass is 830 g/mol. The van der Waals surface area contributed by atoms with Crippen LogP contribution in [0.25, 0.3) is 0 Å². The fourth-order valence-corrected chi connectivity index (χ4v) is 7.07. The van der Waals surface area contributed by atoms with Gasteiger partial charge in [-0.15, -0.1) is 0 Å². The average molecular weight is 830 g/mol. The van der Waals surface area contributed by atoms with Gasteiger partial charge in [0.05, 0.1) is 13.2 Å². The van der Waals surface area contributed by atoms with Crippen LogP contribution < -0.4 is 5.73 Å². The number of ether oxygens (including phenoxy) is 2. The molecule has 4 N–H and O–H groups in total. The number of hydrogen-bond acceptors (Lipinski definition) is 9. The molecule has 3 unspecified atom stereocenters. The van der Waals surface area contributed by atoms with Gasteiger partial charge in [0.1, 0.15) is 12.6 Å². The van der Waals surface area contributed by atoms with Gasteiger partial charge in [0.2, 0.25) is 0 Å². The highest BCUT2D eigenvalue weighted by Crippen LogP contribution is 2.43. The Bertz CT molecular complexity index is 1070. The zero-order valence-corrected chi connectivity index (χ0v) is 37.1. The summed E-state index contributed by atoms with van der Waals surface area (Å²) in [5.41, 5.74) is 5.33. The van der Waals surface area contributed by atoms with Gasteiger partial charge in [-0.25, -0.2) is 4.57 Å². The Hall–Kier alpha value is -2.04. The normalized spacial score (nSPS) is 13.9. The largest absolute Gasteiger partial charge is 0.480 e. The van der Waals surface area contributed by atoms with E-state index in [2.05, 4.69) is 42.7 Å². The number of aliphatic carboxylic acids is 1. The van der Waals surface area contributed by atoms with Crippen LogP contribution in [0.3, 0.4) is 0 Å². The minimum atomic E-state index is -4.71. The molecule has 0 rings (SSSR count). The van der Waals surface area contributed by atoms with Gasteiger partial charge in [0, 0.05) is 12.8 Å². The van der Waals surface area contributed by atoms with E-state index in [1.54, 1.807) is 0 Å². The summed E-state index contributed by atoms with van der Waals surface area (Å²) in [7, 11) is -4.71. The molecule has 0 aliphatic rings. The van der Waals surface area contributed by atoms with Crippen LogP contribution in [0.2, 0.25) is 0 Å². The molecule has 0 aliphatic carbocycles. The molecule has 0 aliphatic heterocycles. The van der Waals surface area contributed by atoms with E-state index >= 15 is 0 Å². The maximum Gasteiger partial charge on any atom is 0.472 e. The summed E-state index contributed by atoms with van der Waals surface area (Å²) in [6, 6.07) is -1.52. The van der Waals surface area contributed by atoms with Crippen LogP contribution in [0.1, 0.15) is 213 Å². The van der Waals surface area contributed by atoms with Gasteiger partial charge in [-0.05, 0) is 64.2 Å². The van der Waals surface area contributed by atoms with Gasteiger partial charge in [-0.1, -0.05) is 160 Å². The standard InChI is InChI=1S/C45H84NO10P/c1-3-5-7-9-11-13-15-17-18-19-20-21-22-23-24-25-27-29-31-33-35-37-44(48)56-41(39-54-57(51,52)55-40-42(46)45(49)50)38-53-43(47)36-34-32-30-28-26-16-14-12-10-8-6-4-2/h12,14,19-20,41-42H,3-11,13,15-18,21-40,46H2,1-2H3,(H,49,50)(H,51,52)/b14-12-,20-19-. The molecule has 3 atom stereocenters. The Morgan fingerprint density at radius 2 is 0.877 bits per heavy atom. The highest BCUT2D eigenvalue weighted by Gasteiger charge is 2.28. The van der Waals surface area contributed by atoms with E-state index in [-0.39, 0.29) is 19.4 Å². The number of unbranched alkanes of at least 4 members (excludes halogenated alkanes) is 25. The number of carbonyl (C=O) groups excluding carboxylic acids is 2. The first-order valence-electron chi connectivity index (χ1n) is 22.9. The fourth-order valence-electron chi connectivity index (χ4n) is 6.29. The molecule has 0 bridgehead atoms. The molecule has 57 heavy (non-hydrogen) atoms. The molecule has 11 nitrogen and oxygen atoms in total. The highest BCUT2D eigenvalue weighted by molar-refractivity contribution is 7.47. The van der Waals surface area contributed by atoms with Crippen LogP contribution in [0.15, 0.2) is 24.3 Å². The van der Waals surface area contributed by atoms with Crippen molar-refractivity contribution in [2.75, 3.05) is 19.8 Å². The lowest BCUT2D eigenvalue weighted by molar-refractivity contribution is -0.161. The van der Waals surface area contributed by atoms with Gasteiger partial charge in [0.15, 0.2) is 6.10 Å². The summed E-state index contributed by atoms with van der Waals surface area (Å²) >= 11 is 0. The second kappa shape index (κ2) is 40.7. The predicted octanol–water partition coefficient (Wildman–Crippen LogP) is 12.2. The van der Waals surface area contributed by atoms with Gasteiger partial charge >= 0.3 is 25.7 Å². The molecule has 0 heterocycles. The average Bonchev–Trinajstić information content (AvgIpc) is 3.19. The van der Waals surface area contributed by atoms with Gasteiger partial charge < -0.3 is 25.2 Å². The van der Waals surface area contributed by atoms with Crippen molar-refractivity contribution in [2.45, 2.75) is 225 Å². The summed E-state index contributed by atoms with van der Waals surface area (Å²) in [4.78, 5) is 45.9. The number of carbonyl (C=O) groups is 3. The molecular weight excluding hydrogens is 745 g/mol. The molecule has 0 fully saturated rings. The Kier molecular flexibility index (Phi) is 39.3. The molecule has 0 saturated carbocycles. The van der Waals surface area contributed by atoms with Gasteiger partial charge in [0.25, 0.3) is 0 Å². The maximum absolute atomic E-state index is 12.6. The lowest BCUT2D eigenvalue weighted by Gasteiger charge is -2.20. The van der Waals surface area contributed by atoms with Crippen molar-refractivity contribution >= 4 is 25.7 Å². The number of carboxylic acids is 1. The molecule has 0 aromatic rings. The zero-order valence-electron chi connectivity index (χ0n) is 36.2. The molecule has 0 amide bonds. The van der Waals surface area contributed by atoms with Crippen molar-refractivity contribution in [1.29, 1.82) is 0 Å². The Morgan fingerprint density at radius 1 is 0.526 bits per heavy atom. The Labute approximate surface area is 347 Å². The maximum atomic E-state index is 12.6. The minimum absolute atomic E-state index is 0.159. The third-order valence-corrected chi connectivity index (χ3v) is 10.9. The first-order chi connectivity index (χ1) is 27.6. The minimum Gasteiger partial charge on any atom is -0.480 e. The lowest BCUT2D eigenvalue weighted by Crippen LogP contribution is -2.34. The van der Waals surface area contributed by atoms with E-state index < -0.39 is 51.1 Å². The second-order valence-corrected chi connectivity index (χ2v) is 17.0. The molecule has 0 aromatic heterocycles. The number of nitrogens with two attached hydrogens (primary N) is 1. The molecule has 0 radical (unpaired) electrons. The van der Waals surface area contributed by atoms with Crippen LogP contribution in [-0.4, -0.2) is 59.9 Å². The number of phosphoric ester groups is 1. The van der Waals surface area contributed by atoms with Gasteiger partial charge in [-0.2, -0.15) is 0 Å². The molecule has 334 valence electrons. The second-order valence-electron chi connectivity index (χ2n) is 15.5. The fraction of sp³-hybridized carbons (Fsp3) is 0.844. The summed E-state index contributed by atoms with van der Waals surface area (Å²) in [5.74, 6) is -2.39. The van der Waals surface area contributed by atoms with Crippen molar-refractivity contribution < 1.29 is 47.5 Å². The van der Waals surface area contributed by atoms with Crippen LogP contribution in [0, 0.1) is 0 Å². The number of allylic oxidation sites excluding steroid dienone is 4. The summed E-state index contributed by atoms with van der Waals surface area (Å²) in [6.45, 7) is 2.78. The first kappa shape index (κ1) is 55.0. The highest BCUT2D eigenvalue weighted by atomic mass is 31.2. The molecule has 12 heteroatoms. The smallest absolute Gasteiger partial charge is 0.472 e. The number of phosphoric acid groups is 1. The van der Waals surface area contributed by atoms with Gasteiger partial charge in [-0.3, -0.25) is 23.4 Å². The number of carboxylic acid groups (broad SMARTS) is 1. The third-order valence-electron chi connectivity index (χ3n) is 9.92. The Morgan fingerprint density at radius 3 is 1.32 bits per heavy atom.